The van der Waals surface area contributed by atoms with Crippen molar-refractivity contribution in [2.24, 2.45) is 7.05 Å². The Bertz CT molecular complexity index is 561. The molecule has 2 aromatic rings. The van der Waals surface area contributed by atoms with Crippen LogP contribution in [0.25, 0.3) is 0 Å². The fourth-order valence-corrected chi connectivity index (χ4v) is 1.82. The van der Waals surface area contributed by atoms with Gasteiger partial charge in [0.15, 0.2) is 0 Å². The second-order valence-electron chi connectivity index (χ2n) is 3.76. The zero-order valence-electron chi connectivity index (χ0n) is 10.1. The first-order valence-corrected chi connectivity index (χ1v) is 5.76. The Kier molecular flexibility index (Phi) is 3.78. The molecule has 0 aliphatic rings. The maximum absolute atomic E-state index is 12.3. The smallest absolute Gasteiger partial charge is 0.232 e. The van der Waals surface area contributed by atoms with Crippen LogP contribution >= 0.6 is 11.6 Å². The van der Waals surface area contributed by atoms with Crippen LogP contribution < -0.4 is 0 Å². The number of carbonyl (C=O) groups is 1. The van der Waals surface area contributed by atoms with Crippen molar-refractivity contribution in [2.75, 3.05) is 13.7 Å². The number of halogens is 1. The second-order valence-corrected chi connectivity index (χ2v) is 4.17. The van der Waals surface area contributed by atoms with Gasteiger partial charge in [-0.15, -0.1) is 0 Å². The number of ketones is 1. The Hall–Kier alpha value is -1.66. The number of hydrogen-bond donors (Lipinski definition) is 0. The lowest BCUT2D eigenvalue weighted by molar-refractivity contribution is 0.102. The summed E-state index contributed by atoms with van der Waals surface area (Å²) >= 11 is 6.00. The first kappa shape index (κ1) is 12.8. The molecule has 2 rings (SSSR count). The number of nitrogens with zero attached hydrogens (tertiary/aromatic N) is 4. The van der Waals surface area contributed by atoms with Crippen molar-refractivity contribution in [3.63, 3.8) is 0 Å². The summed E-state index contributed by atoms with van der Waals surface area (Å²) in [6.07, 6.45) is 3.16. The van der Waals surface area contributed by atoms with E-state index in [9.17, 15) is 4.79 Å². The molecule has 0 bridgehead atoms. The minimum atomic E-state index is -0.241. The van der Waals surface area contributed by atoms with Gasteiger partial charge < -0.3 is 4.74 Å². The molecule has 0 saturated heterocycles. The Labute approximate surface area is 109 Å². The van der Waals surface area contributed by atoms with E-state index in [1.165, 1.54) is 10.9 Å². The molecule has 0 fully saturated rings. The first-order valence-electron chi connectivity index (χ1n) is 5.38. The standard InChI is InChI=1S/C11H13ClN4O2/c1-15-4-3-9(14-15)11(17)10-8(12)7-13-16(10)5-6-18-2/h3-4,7H,5-6H2,1-2H3. The van der Waals surface area contributed by atoms with Gasteiger partial charge in [0, 0.05) is 20.4 Å². The lowest BCUT2D eigenvalue weighted by Crippen LogP contribution is -2.15. The molecule has 7 heteroatoms. The number of ether oxygens (including phenoxy) is 1. The van der Waals surface area contributed by atoms with E-state index in [-0.39, 0.29) is 5.78 Å². The Morgan fingerprint density at radius 1 is 1.56 bits per heavy atom. The number of aromatic nitrogens is 4. The van der Waals surface area contributed by atoms with E-state index < -0.39 is 0 Å². The van der Waals surface area contributed by atoms with Gasteiger partial charge in [0.1, 0.15) is 11.4 Å². The van der Waals surface area contributed by atoms with Gasteiger partial charge in [-0.05, 0) is 6.07 Å². The summed E-state index contributed by atoms with van der Waals surface area (Å²) in [6.45, 7) is 0.928. The van der Waals surface area contributed by atoms with Gasteiger partial charge in [-0.25, -0.2) is 0 Å². The lowest BCUT2D eigenvalue weighted by atomic mass is 10.2. The number of carbonyl (C=O) groups excluding carboxylic acids is 1. The molecule has 0 atom stereocenters. The summed E-state index contributed by atoms with van der Waals surface area (Å²) in [5, 5.41) is 8.44. The number of hydrogen-bond acceptors (Lipinski definition) is 4. The molecule has 0 unspecified atom stereocenters. The van der Waals surface area contributed by atoms with Gasteiger partial charge in [0.05, 0.1) is 24.4 Å². The average molecular weight is 269 g/mol. The highest BCUT2D eigenvalue weighted by Crippen LogP contribution is 2.18. The van der Waals surface area contributed by atoms with Crippen LogP contribution in [-0.4, -0.2) is 39.1 Å². The van der Waals surface area contributed by atoms with Gasteiger partial charge >= 0.3 is 0 Å². The Morgan fingerprint density at radius 2 is 2.33 bits per heavy atom. The third-order valence-electron chi connectivity index (χ3n) is 2.46. The molecule has 0 aliphatic carbocycles. The van der Waals surface area contributed by atoms with Crippen molar-refractivity contribution in [2.45, 2.75) is 6.54 Å². The van der Waals surface area contributed by atoms with Crippen LogP contribution in [0.3, 0.4) is 0 Å². The van der Waals surface area contributed by atoms with E-state index in [4.69, 9.17) is 16.3 Å². The molecule has 6 nitrogen and oxygen atoms in total. The minimum Gasteiger partial charge on any atom is -0.383 e. The fourth-order valence-electron chi connectivity index (χ4n) is 1.59. The summed E-state index contributed by atoms with van der Waals surface area (Å²) in [4.78, 5) is 12.3. The summed E-state index contributed by atoms with van der Waals surface area (Å²) in [7, 11) is 3.34. The van der Waals surface area contributed by atoms with E-state index in [2.05, 4.69) is 10.2 Å². The Morgan fingerprint density at radius 3 is 2.94 bits per heavy atom. The highest BCUT2D eigenvalue weighted by Gasteiger charge is 2.20. The lowest BCUT2D eigenvalue weighted by Gasteiger charge is -2.05. The quantitative estimate of drug-likeness (QED) is 0.763. The van der Waals surface area contributed by atoms with Crippen molar-refractivity contribution in [3.8, 4) is 0 Å². The highest BCUT2D eigenvalue weighted by atomic mass is 35.5. The third-order valence-corrected chi connectivity index (χ3v) is 2.74. The van der Waals surface area contributed by atoms with Gasteiger partial charge in [-0.1, -0.05) is 11.6 Å². The fraction of sp³-hybridized carbons (Fsp3) is 0.364. The van der Waals surface area contributed by atoms with Crippen molar-refractivity contribution >= 4 is 17.4 Å². The van der Waals surface area contributed by atoms with Crippen LogP contribution in [0.4, 0.5) is 0 Å². The minimum absolute atomic E-state index is 0.241. The van der Waals surface area contributed by atoms with Crippen molar-refractivity contribution < 1.29 is 9.53 Å². The molecule has 18 heavy (non-hydrogen) atoms. The van der Waals surface area contributed by atoms with E-state index in [1.54, 1.807) is 31.1 Å². The van der Waals surface area contributed by atoms with E-state index >= 15 is 0 Å². The molecule has 0 spiro atoms. The third kappa shape index (κ3) is 2.44. The second kappa shape index (κ2) is 5.32. The molecule has 2 heterocycles. The predicted molar refractivity (Wildman–Crippen MR) is 65.8 cm³/mol. The van der Waals surface area contributed by atoms with Gasteiger partial charge in [0.2, 0.25) is 5.78 Å². The van der Waals surface area contributed by atoms with Crippen LogP contribution in [-0.2, 0) is 18.3 Å². The molecular weight excluding hydrogens is 256 g/mol. The molecule has 0 N–H and O–H groups in total. The van der Waals surface area contributed by atoms with E-state index in [0.717, 1.165) is 0 Å². The SMILES string of the molecule is COCCn1ncc(Cl)c1C(=O)c1ccn(C)n1. The maximum atomic E-state index is 12.3. The largest absolute Gasteiger partial charge is 0.383 e. The Balaban J connectivity index is 2.32. The van der Waals surface area contributed by atoms with Crippen molar-refractivity contribution in [1.82, 2.24) is 19.6 Å². The van der Waals surface area contributed by atoms with Crippen LogP contribution in [0.1, 0.15) is 16.2 Å². The molecule has 2 aromatic heterocycles. The van der Waals surface area contributed by atoms with E-state index in [0.29, 0.717) is 29.6 Å². The zero-order chi connectivity index (χ0) is 13.1. The first-order chi connectivity index (χ1) is 8.63. The molecule has 0 aromatic carbocycles. The summed E-state index contributed by atoms with van der Waals surface area (Å²) in [5.41, 5.74) is 0.686. The maximum Gasteiger partial charge on any atom is 0.232 e. The summed E-state index contributed by atoms with van der Waals surface area (Å²) < 4.78 is 8.06. The molecule has 0 amide bonds. The summed E-state index contributed by atoms with van der Waals surface area (Å²) in [6, 6.07) is 1.65. The zero-order valence-corrected chi connectivity index (χ0v) is 10.9. The number of methoxy groups -OCH3 is 1. The van der Waals surface area contributed by atoms with Crippen LogP contribution in [0.2, 0.25) is 5.02 Å². The predicted octanol–water partition coefficient (Wildman–Crippen LogP) is 1.15. The number of rotatable bonds is 5. The van der Waals surface area contributed by atoms with Crippen LogP contribution in [0.15, 0.2) is 18.5 Å². The number of aryl methyl sites for hydroxylation is 1. The molecule has 96 valence electrons. The van der Waals surface area contributed by atoms with Crippen molar-refractivity contribution in [3.05, 3.63) is 34.9 Å². The van der Waals surface area contributed by atoms with Crippen molar-refractivity contribution in [1.29, 1.82) is 0 Å². The topological polar surface area (TPSA) is 61.9 Å². The molecule has 0 aliphatic heterocycles. The monoisotopic (exact) mass is 268 g/mol. The molecule has 0 saturated carbocycles. The van der Waals surface area contributed by atoms with Crippen LogP contribution in [0, 0.1) is 0 Å². The normalized spacial score (nSPS) is 10.8. The average Bonchev–Trinajstić information content (AvgIpc) is 2.92. The molecular formula is C11H13ClN4O2. The van der Waals surface area contributed by atoms with Gasteiger partial charge in [-0.2, -0.15) is 10.2 Å². The van der Waals surface area contributed by atoms with Crippen LogP contribution in [0.5, 0.6) is 0 Å². The molecule has 0 radical (unpaired) electrons. The highest BCUT2D eigenvalue weighted by molar-refractivity contribution is 6.34. The van der Waals surface area contributed by atoms with Gasteiger partial charge in [0.25, 0.3) is 0 Å². The summed E-state index contributed by atoms with van der Waals surface area (Å²) in [5.74, 6) is -0.241. The van der Waals surface area contributed by atoms with Gasteiger partial charge in [-0.3, -0.25) is 14.2 Å². The van der Waals surface area contributed by atoms with E-state index in [1.807, 2.05) is 0 Å².